The summed E-state index contributed by atoms with van der Waals surface area (Å²) in [4.78, 5) is 11.7. The fraction of sp³-hybridized carbons (Fsp3) is 0.154. The van der Waals surface area contributed by atoms with Gasteiger partial charge in [0.1, 0.15) is 6.54 Å². The molecule has 0 aliphatic carbocycles. The first kappa shape index (κ1) is 12.5. The second-order valence-corrected chi connectivity index (χ2v) is 4.37. The summed E-state index contributed by atoms with van der Waals surface area (Å²) in [7, 11) is 0. The van der Waals surface area contributed by atoms with Crippen molar-refractivity contribution in [1.82, 2.24) is 4.68 Å². The molecule has 94 valence electrons. The zero-order chi connectivity index (χ0) is 13.0. The minimum Gasteiger partial charge on any atom is -0.324 e. The molecule has 0 spiro atoms. The molecule has 0 unspecified atom stereocenters. The third-order valence-electron chi connectivity index (χ3n) is 2.50. The molecule has 0 radical (unpaired) electrons. The summed E-state index contributed by atoms with van der Waals surface area (Å²) < 4.78 is 1.73. The lowest BCUT2D eigenvalue weighted by molar-refractivity contribution is -0.114. The molecule has 2 rings (SSSR count). The smallest absolute Gasteiger partial charge is 0.245 e. The van der Waals surface area contributed by atoms with Crippen molar-refractivity contribution >= 4 is 23.2 Å². The van der Waals surface area contributed by atoms with Gasteiger partial charge in [0.2, 0.25) is 5.91 Å². The van der Waals surface area contributed by atoms with Gasteiger partial charge in [-0.3, -0.25) is 9.47 Å². The molecule has 5 heteroatoms. The number of carbonyl (C=O) groups is 1. The van der Waals surface area contributed by atoms with E-state index < -0.39 is 0 Å². The van der Waals surface area contributed by atoms with Crippen LogP contribution in [0.2, 0.25) is 5.02 Å². The van der Waals surface area contributed by atoms with Crippen molar-refractivity contribution in [1.29, 1.82) is 0 Å². The fourth-order valence-corrected chi connectivity index (χ4v) is 1.70. The number of amides is 1. The van der Waals surface area contributed by atoms with E-state index in [9.17, 15) is 4.79 Å². The van der Waals surface area contributed by atoms with Gasteiger partial charge < -0.3 is 10.7 Å². The summed E-state index contributed by atoms with van der Waals surface area (Å²) in [6.07, 6.45) is 3.66. The van der Waals surface area contributed by atoms with Gasteiger partial charge in [-0.25, -0.2) is 0 Å². The molecule has 0 saturated carbocycles. The molecule has 1 aromatic heterocycles. The van der Waals surface area contributed by atoms with Crippen molar-refractivity contribution < 1.29 is 4.79 Å². The van der Waals surface area contributed by atoms with Crippen LogP contribution in [0.1, 0.15) is 5.56 Å². The SMILES string of the molecule is Cc1ccc(Cl)cc1NC(=O)CNn1cccc1. The van der Waals surface area contributed by atoms with Crippen LogP contribution in [0.4, 0.5) is 5.69 Å². The monoisotopic (exact) mass is 263 g/mol. The number of hydrogen-bond donors (Lipinski definition) is 2. The van der Waals surface area contributed by atoms with Crippen molar-refractivity contribution in [3.05, 3.63) is 53.3 Å². The maximum absolute atomic E-state index is 11.7. The second-order valence-electron chi connectivity index (χ2n) is 3.93. The number of aromatic nitrogens is 1. The normalized spacial score (nSPS) is 10.1. The van der Waals surface area contributed by atoms with Crippen molar-refractivity contribution in [2.75, 3.05) is 17.3 Å². The Balaban J connectivity index is 1.92. The lowest BCUT2D eigenvalue weighted by Gasteiger charge is -2.10. The zero-order valence-corrected chi connectivity index (χ0v) is 10.7. The average molecular weight is 264 g/mol. The minimum absolute atomic E-state index is 0.117. The second kappa shape index (κ2) is 5.60. The number of anilines is 1. The van der Waals surface area contributed by atoms with E-state index in [0.29, 0.717) is 5.02 Å². The number of benzene rings is 1. The summed E-state index contributed by atoms with van der Waals surface area (Å²) in [5, 5.41) is 3.42. The minimum atomic E-state index is -0.117. The molecule has 0 aliphatic heterocycles. The van der Waals surface area contributed by atoms with Crippen molar-refractivity contribution in [2.45, 2.75) is 6.92 Å². The lowest BCUT2D eigenvalue weighted by atomic mass is 10.2. The summed E-state index contributed by atoms with van der Waals surface area (Å²) in [5.41, 5.74) is 4.67. The van der Waals surface area contributed by atoms with Crippen LogP contribution < -0.4 is 10.7 Å². The molecule has 1 amide bonds. The Morgan fingerprint density at radius 1 is 1.33 bits per heavy atom. The molecule has 0 atom stereocenters. The van der Waals surface area contributed by atoms with E-state index >= 15 is 0 Å². The first-order valence-corrected chi connectivity index (χ1v) is 5.96. The predicted octanol–water partition coefficient (Wildman–Crippen LogP) is 2.63. The van der Waals surface area contributed by atoms with Crippen LogP contribution in [0.15, 0.2) is 42.7 Å². The highest BCUT2D eigenvalue weighted by atomic mass is 35.5. The fourth-order valence-electron chi connectivity index (χ4n) is 1.53. The van der Waals surface area contributed by atoms with Gasteiger partial charge in [-0.2, -0.15) is 0 Å². The van der Waals surface area contributed by atoms with E-state index in [2.05, 4.69) is 10.7 Å². The Hall–Kier alpha value is -1.94. The van der Waals surface area contributed by atoms with Crippen LogP contribution in [0.3, 0.4) is 0 Å². The molecule has 0 fully saturated rings. The van der Waals surface area contributed by atoms with Crippen LogP contribution in [0.5, 0.6) is 0 Å². The summed E-state index contributed by atoms with van der Waals surface area (Å²) >= 11 is 5.89. The van der Waals surface area contributed by atoms with Crippen molar-refractivity contribution in [3.63, 3.8) is 0 Å². The molecule has 2 N–H and O–H groups in total. The summed E-state index contributed by atoms with van der Waals surface area (Å²) in [6.45, 7) is 2.12. The van der Waals surface area contributed by atoms with Crippen LogP contribution in [-0.2, 0) is 4.79 Å². The van der Waals surface area contributed by atoms with E-state index in [1.165, 1.54) is 0 Å². The maximum Gasteiger partial charge on any atom is 0.245 e. The van der Waals surface area contributed by atoms with E-state index in [0.717, 1.165) is 11.3 Å². The van der Waals surface area contributed by atoms with Crippen LogP contribution >= 0.6 is 11.6 Å². The van der Waals surface area contributed by atoms with Crippen molar-refractivity contribution in [2.24, 2.45) is 0 Å². The predicted molar refractivity (Wildman–Crippen MR) is 73.5 cm³/mol. The molecule has 1 aromatic carbocycles. The first-order valence-electron chi connectivity index (χ1n) is 5.58. The maximum atomic E-state index is 11.7. The largest absolute Gasteiger partial charge is 0.324 e. The topological polar surface area (TPSA) is 46.1 Å². The van der Waals surface area contributed by atoms with E-state index in [-0.39, 0.29) is 12.5 Å². The van der Waals surface area contributed by atoms with Gasteiger partial charge in [0, 0.05) is 23.1 Å². The van der Waals surface area contributed by atoms with Crippen molar-refractivity contribution in [3.8, 4) is 0 Å². The number of halogens is 1. The van der Waals surface area contributed by atoms with E-state index in [1.54, 1.807) is 16.8 Å². The average Bonchev–Trinajstić information content (AvgIpc) is 2.84. The standard InChI is InChI=1S/C13H14ClN3O/c1-10-4-5-11(14)8-12(10)16-13(18)9-15-17-6-2-3-7-17/h2-8,15H,9H2,1H3,(H,16,18). The van der Waals surface area contributed by atoms with Gasteiger partial charge >= 0.3 is 0 Å². The van der Waals surface area contributed by atoms with Gasteiger partial charge in [0.25, 0.3) is 0 Å². The molecular weight excluding hydrogens is 250 g/mol. The highest BCUT2D eigenvalue weighted by molar-refractivity contribution is 6.31. The van der Waals surface area contributed by atoms with Gasteiger partial charge in [0.05, 0.1) is 0 Å². The Morgan fingerprint density at radius 3 is 2.78 bits per heavy atom. The Bertz CT molecular complexity index is 537. The van der Waals surface area contributed by atoms with Gasteiger partial charge in [-0.05, 0) is 36.8 Å². The van der Waals surface area contributed by atoms with Crippen LogP contribution in [0.25, 0.3) is 0 Å². The first-order chi connectivity index (χ1) is 8.65. The van der Waals surface area contributed by atoms with E-state index in [4.69, 9.17) is 11.6 Å². The number of aryl methyl sites for hydroxylation is 1. The number of hydrogen-bond acceptors (Lipinski definition) is 2. The summed E-state index contributed by atoms with van der Waals surface area (Å²) in [5.74, 6) is -0.117. The Morgan fingerprint density at radius 2 is 2.06 bits per heavy atom. The highest BCUT2D eigenvalue weighted by Gasteiger charge is 2.05. The van der Waals surface area contributed by atoms with E-state index in [1.807, 2.05) is 37.5 Å². The number of rotatable bonds is 4. The third kappa shape index (κ3) is 3.28. The zero-order valence-electron chi connectivity index (χ0n) is 9.98. The quantitative estimate of drug-likeness (QED) is 0.891. The molecule has 0 bridgehead atoms. The molecule has 18 heavy (non-hydrogen) atoms. The molecular formula is C13H14ClN3O. The van der Waals surface area contributed by atoms with Gasteiger partial charge in [-0.15, -0.1) is 0 Å². The number of nitrogens with one attached hydrogen (secondary N) is 2. The van der Waals surface area contributed by atoms with Gasteiger partial charge in [-0.1, -0.05) is 17.7 Å². The third-order valence-corrected chi connectivity index (χ3v) is 2.74. The van der Waals surface area contributed by atoms with Crippen LogP contribution in [-0.4, -0.2) is 17.1 Å². The Labute approximate surface area is 111 Å². The summed E-state index contributed by atoms with van der Waals surface area (Å²) in [6, 6.07) is 9.17. The number of carbonyl (C=O) groups excluding carboxylic acids is 1. The van der Waals surface area contributed by atoms with Crippen LogP contribution in [0, 0.1) is 6.92 Å². The van der Waals surface area contributed by atoms with Gasteiger partial charge in [0.15, 0.2) is 0 Å². The Kier molecular flexibility index (Phi) is 3.89. The lowest BCUT2D eigenvalue weighted by Crippen LogP contribution is -2.26. The molecule has 0 saturated heterocycles. The molecule has 0 aliphatic rings. The molecule has 2 aromatic rings. The highest BCUT2D eigenvalue weighted by Crippen LogP contribution is 2.19. The molecule has 4 nitrogen and oxygen atoms in total. The number of nitrogens with zero attached hydrogens (tertiary/aromatic N) is 1. The molecule has 1 heterocycles.